The molecule has 0 saturated heterocycles. The topological polar surface area (TPSA) is 0 Å². The molecule has 0 heterocycles. The van der Waals surface area contributed by atoms with E-state index < -0.39 is 48.2 Å². The highest BCUT2D eigenvalue weighted by atomic mass is 19.4. The zero-order chi connectivity index (χ0) is 18.4. The third-order valence-electron chi connectivity index (χ3n) is 2.12. The lowest BCUT2D eigenvalue weighted by atomic mass is 10.0. The smallest absolute Gasteiger partial charge is 0.244 e. The molecular weight excluding hydrogens is 362 g/mol. The Morgan fingerprint density at radius 1 is 0.591 bits per heavy atom. The van der Waals surface area contributed by atoms with Crippen LogP contribution in [-0.4, -0.2) is 36.5 Å². The van der Waals surface area contributed by atoms with E-state index in [2.05, 4.69) is 0 Å². The molecule has 0 N–H and O–H groups in total. The molecule has 14 heteroatoms. The van der Waals surface area contributed by atoms with Gasteiger partial charge >= 0.3 is 29.9 Å². The first-order valence-corrected chi connectivity index (χ1v) is 4.58. The second-order valence-electron chi connectivity index (χ2n) is 3.69. The normalized spacial score (nSPS) is 16.6. The van der Waals surface area contributed by atoms with Crippen molar-refractivity contribution in [1.29, 1.82) is 0 Å². The van der Waals surface area contributed by atoms with Crippen LogP contribution in [0.3, 0.4) is 0 Å². The standard InChI is InChI=1S/C8H2F14/c9-1-4(12,13)7(18,19)5(14,15)2(10)3(11)6(16,17)8(20,21)22/h1H2/b3-2+. The average molecular weight is 364 g/mol. The maximum Gasteiger partial charge on any atom is 0.460 e. The summed E-state index contributed by atoms with van der Waals surface area (Å²) in [5.41, 5.74) is 0. The molecule has 0 saturated carbocycles. The highest BCUT2D eigenvalue weighted by Crippen LogP contribution is 2.53. The quantitative estimate of drug-likeness (QED) is 0.588. The predicted molar refractivity (Wildman–Crippen MR) is 41.1 cm³/mol. The first kappa shape index (κ1) is 20.8. The zero-order valence-electron chi connectivity index (χ0n) is 9.50. The molecule has 132 valence electrons. The second-order valence-corrected chi connectivity index (χ2v) is 3.69. The van der Waals surface area contributed by atoms with Crippen LogP contribution < -0.4 is 0 Å². The Balaban J connectivity index is 6.18. The Hall–Kier alpha value is -1.24. The van der Waals surface area contributed by atoms with Crippen LogP contribution in [0.15, 0.2) is 11.7 Å². The fourth-order valence-corrected chi connectivity index (χ4v) is 0.852. The Morgan fingerprint density at radius 2 is 0.909 bits per heavy atom. The van der Waals surface area contributed by atoms with Crippen LogP contribution in [0.2, 0.25) is 0 Å². The van der Waals surface area contributed by atoms with E-state index in [4.69, 9.17) is 0 Å². The molecule has 0 aliphatic rings. The van der Waals surface area contributed by atoms with Crippen LogP contribution in [-0.2, 0) is 0 Å². The van der Waals surface area contributed by atoms with E-state index in [1.807, 2.05) is 0 Å². The Bertz CT molecular complexity index is 440. The van der Waals surface area contributed by atoms with Crippen LogP contribution in [0, 0.1) is 0 Å². The maximum absolute atomic E-state index is 12.7. The van der Waals surface area contributed by atoms with E-state index in [1.165, 1.54) is 0 Å². The average Bonchev–Trinajstić information content (AvgIpc) is 2.34. The van der Waals surface area contributed by atoms with Crippen molar-refractivity contribution in [1.82, 2.24) is 0 Å². The molecule has 0 spiro atoms. The first-order valence-electron chi connectivity index (χ1n) is 4.58. The summed E-state index contributed by atoms with van der Waals surface area (Å²) in [6.07, 6.45) is -7.03. The van der Waals surface area contributed by atoms with E-state index in [0.717, 1.165) is 0 Å². The number of rotatable bonds is 5. The van der Waals surface area contributed by atoms with Crippen molar-refractivity contribution in [3.8, 4) is 0 Å². The van der Waals surface area contributed by atoms with Gasteiger partial charge in [-0.3, -0.25) is 0 Å². The lowest BCUT2D eigenvalue weighted by Gasteiger charge is -2.31. The molecule has 0 nitrogen and oxygen atoms in total. The van der Waals surface area contributed by atoms with Crippen LogP contribution in [0.25, 0.3) is 0 Å². The van der Waals surface area contributed by atoms with Gasteiger partial charge in [0.1, 0.15) is 0 Å². The first-order chi connectivity index (χ1) is 9.38. The van der Waals surface area contributed by atoms with Gasteiger partial charge in [0.2, 0.25) is 11.7 Å². The molecule has 22 heavy (non-hydrogen) atoms. The minimum atomic E-state index is -7.18. The molecule has 0 aromatic carbocycles. The largest absolute Gasteiger partial charge is 0.460 e. The number of hydrogen-bond donors (Lipinski definition) is 0. The highest BCUT2D eigenvalue weighted by Gasteiger charge is 2.76. The molecular formula is C8H2F14. The monoisotopic (exact) mass is 364 g/mol. The van der Waals surface area contributed by atoms with Gasteiger partial charge in [-0.1, -0.05) is 0 Å². The van der Waals surface area contributed by atoms with Gasteiger partial charge in [0.15, 0.2) is 6.67 Å². The predicted octanol–water partition coefficient (Wildman–Crippen LogP) is 5.21. The van der Waals surface area contributed by atoms with Crippen LogP contribution in [0.5, 0.6) is 0 Å². The van der Waals surface area contributed by atoms with Crippen molar-refractivity contribution in [2.45, 2.75) is 29.9 Å². The van der Waals surface area contributed by atoms with Gasteiger partial charge in [0, 0.05) is 0 Å². The highest BCUT2D eigenvalue weighted by molar-refractivity contribution is 5.22. The third kappa shape index (κ3) is 2.95. The number of allylic oxidation sites excluding steroid dienone is 2. The summed E-state index contributed by atoms with van der Waals surface area (Å²) in [4.78, 5) is 0. The van der Waals surface area contributed by atoms with Gasteiger partial charge < -0.3 is 0 Å². The third-order valence-corrected chi connectivity index (χ3v) is 2.12. The SMILES string of the molecule is FCC(F)(F)C(F)(F)C(F)(F)/C(F)=C(\F)C(F)(F)C(F)(F)F. The molecule has 0 amide bonds. The van der Waals surface area contributed by atoms with E-state index in [9.17, 15) is 61.5 Å². The number of hydrogen-bond acceptors (Lipinski definition) is 0. The van der Waals surface area contributed by atoms with Crippen molar-refractivity contribution in [3.63, 3.8) is 0 Å². The Kier molecular flexibility index (Phi) is 5.13. The van der Waals surface area contributed by atoms with Crippen LogP contribution in [0.1, 0.15) is 0 Å². The fraction of sp³-hybridized carbons (Fsp3) is 0.750. The maximum atomic E-state index is 12.7. The molecule has 0 rings (SSSR count). The minimum Gasteiger partial charge on any atom is -0.244 e. The minimum absolute atomic E-state index is 3.56. The van der Waals surface area contributed by atoms with Crippen molar-refractivity contribution < 1.29 is 61.5 Å². The van der Waals surface area contributed by atoms with Gasteiger partial charge in [-0.2, -0.15) is 48.3 Å². The molecule has 0 fully saturated rings. The van der Waals surface area contributed by atoms with E-state index in [-0.39, 0.29) is 0 Å². The summed E-state index contributed by atoms with van der Waals surface area (Å²) in [5.74, 6) is -37.2. The van der Waals surface area contributed by atoms with Crippen LogP contribution >= 0.6 is 0 Å². The fourth-order valence-electron chi connectivity index (χ4n) is 0.852. The molecule has 0 unspecified atom stereocenters. The van der Waals surface area contributed by atoms with Gasteiger partial charge in [-0.15, -0.1) is 0 Å². The van der Waals surface area contributed by atoms with Crippen LogP contribution in [0.4, 0.5) is 61.5 Å². The summed E-state index contributed by atoms with van der Waals surface area (Å²) < 4.78 is 171. The Labute approximate surface area is 111 Å². The molecule has 0 aromatic heterocycles. The molecule has 0 aliphatic heterocycles. The van der Waals surface area contributed by atoms with Gasteiger partial charge in [-0.25, -0.2) is 13.2 Å². The van der Waals surface area contributed by atoms with Gasteiger partial charge in [-0.05, 0) is 0 Å². The van der Waals surface area contributed by atoms with Gasteiger partial charge in [0.05, 0.1) is 0 Å². The van der Waals surface area contributed by atoms with Crippen molar-refractivity contribution in [3.05, 3.63) is 11.7 Å². The van der Waals surface area contributed by atoms with E-state index in [1.54, 1.807) is 0 Å². The molecule has 0 radical (unpaired) electrons. The van der Waals surface area contributed by atoms with E-state index in [0.29, 0.717) is 0 Å². The molecule has 0 aliphatic carbocycles. The summed E-state index contributed by atoms with van der Waals surface area (Å²) in [6, 6.07) is 0. The lowest BCUT2D eigenvalue weighted by molar-refractivity contribution is -0.307. The summed E-state index contributed by atoms with van der Waals surface area (Å²) >= 11 is 0. The zero-order valence-corrected chi connectivity index (χ0v) is 9.50. The number of alkyl halides is 12. The summed E-state index contributed by atoms with van der Waals surface area (Å²) in [7, 11) is 0. The van der Waals surface area contributed by atoms with Gasteiger partial charge in [0.25, 0.3) is 0 Å². The number of halogens is 14. The van der Waals surface area contributed by atoms with E-state index >= 15 is 0 Å². The lowest BCUT2D eigenvalue weighted by Crippen LogP contribution is -2.56. The van der Waals surface area contributed by atoms with Crippen molar-refractivity contribution in [2.24, 2.45) is 0 Å². The Morgan fingerprint density at radius 3 is 1.18 bits per heavy atom. The molecule has 0 atom stereocenters. The van der Waals surface area contributed by atoms with Crippen molar-refractivity contribution >= 4 is 0 Å². The summed E-state index contributed by atoms with van der Waals surface area (Å²) in [6.45, 7) is -3.56. The second kappa shape index (κ2) is 5.44. The molecule has 0 bridgehead atoms. The summed E-state index contributed by atoms with van der Waals surface area (Å²) in [5, 5.41) is 0. The molecule has 0 aromatic rings. The van der Waals surface area contributed by atoms with Crippen molar-refractivity contribution in [2.75, 3.05) is 6.67 Å².